The van der Waals surface area contributed by atoms with Crippen LogP contribution in [0.3, 0.4) is 0 Å². The molecular weight excluding hydrogens is 252 g/mol. The van der Waals surface area contributed by atoms with Gasteiger partial charge in [-0.2, -0.15) is 0 Å². The molecule has 1 unspecified atom stereocenters. The molecule has 5 heteroatoms. The molecule has 0 aliphatic carbocycles. The van der Waals surface area contributed by atoms with Gasteiger partial charge in [0.2, 0.25) is 0 Å². The summed E-state index contributed by atoms with van der Waals surface area (Å²) in [5, 5.41) is 0. The second-order valence-electron chi connectivity index (χ2n) is 6.36. The van der Waals surface area contributed by atoms with Gasteiger partial charge >= 0.3 is 6.09 Å². The minimum atomic E-state index is -0.412. The number of hydrogen-bond donors (Lipinski definition) is 1. The zero-order chi connectivity index (χ0) is 12.6. The minimum Gasteiger partial charge on any atom is -0.444 e. The molecule has 18 heavy (non-hydrogen) atoms. The fourth-order valence-electron chi connectivity index (χ4n) is 3.04. The Hall–Kier alpha value is -0.480. The fraction of sp³-hybridized carbons (Fsp3) is 0.923. The molecule has 4 nitrogen and oxygen atoms in total. The largest absolute Gasteiger partial charge is 0.444 e. The van der Waals surface area contributed by atoms with Gasteiger partial charge in [-0.3, -0.25) is 0 Å². The van der Waals surface area contributed by atoms with Gasteiger partial charge in [-0.05, 0) is 52.9 Å². The van der Waals surface area contributed by atoms with Crippen LogP contribution in [0.2, 0.25) is 0 Å². The molecule has 0 aromatic carbocycles. The Kier molecular flexibility index (Phi) is 4.90. The third kappa shape index (κ3) is 3.51. The first-order valence-electron chi connectivity index (χ1n) is 6.64. The highest BCUT2D eigenvalue weighted by Crippen LogP contribution is 2.34. The van der Waals surface area contributed by atoms with E-state index in [1.165, 1.54) is 6.42 Å². The van der Waals surface area contributed by atoms with Gasteiger partial charge in [0.1, 0.15) is 5.60 Å². The van der Waals surface area contributed by atoms with Crippen LogP contribution in [-0.4, -0.2) is 34.7 Å². The number of fused-ring (bicyclic) bond motifs is 2. The van der Waals surface area contributed by atoms with Crippen LogP contribution >= 0.6 is 12.4 Å². The van der Waals surface area contributed by atoms with Crippen LogP contribution in [0.15, 0.2) is 0 Å². The normalized spacial score (nSPS) is 31.6. The van der Waals surface area contributed by atoms with Crippen LogP contribution in [0.4, 0.5) is 4.79 Å². The molecule has 106 valence electrons. The quantitative estimate of drug-likeness (QED) is 0.740. The fourth-order valence-corrected chi connectivity index (χ4v) is 3.04. The van der Waals surface area contributed by atoms with Gasteiger partial charge < -0.3 is 15.4 Å². The van der Waals surface area contributed by atoms with Crippen LogP contribution in [-0.2, 0) is 4.74 Å². The second kappa shape index (κ2) is 5.66. The molecule has 2 heterocycles. The summed E-state index contributed by atoms with van der Waals surface area (Å²) in [5.74, 6) is 0. The third-order valence-electron chi connectivity index (χ3n) is 3.62. The van der Waals surface area contributed by atoms with Crippen molar-refractivity contribution in [2.75, 3.05) is 0 Å². The zero-order valence-corrected chi connectivity index (χ0v) is 12.3. The molecule has 0 aromatic heterocycles. The highest BCUT2D eigenvalue weighted by atomic mass is 35.5. The van der Waals surface area contributed by atoms with Crippen molar-refractivity contribution in [1.29, 1.82) is 0 Å². The van der Waals surface area contributed by atoms with Gasteiger partial charge in [-0.1, -0.05) is 0 Å². The summed E-state index contributed by atoms with van der Waals surface area (Å²) in [6.45, 7) is 5.74. The predicted molar refractivity (Wildman–Crippen MR) is 74.0 cm³/mol. The Bertz CT molecular complexity index is 290. The Balaban J connectivity index is 0.00000162. The third-order valence-corrected chi connectivity index (χ3v) is 3.62. The molecule has 0 radical (unpaired) electrons. The van der Waals surface area contributed by atoms with E-state index in [2.05, 4.69) is 0 Å². The first-order chi connectivity index (χ1) is 7.87. The van der Waals surface area contributed by atoms with E-state index in [4.69, 9.17) is 10.5 Å². The Morgan fingerprint density at radius 3 is 2.17 bits per heavy atom. The molecule has 2 bridgehead atoms. The van der Waals surface area contributed by atoms with Gasteiger partial charge in [-0.25, -0.2) is 4.79 Å². The molecule has 0 aromatic rings. The maximum absolute atomic E-state index is 12.2. The van der Waals surface area contributed by atoms with Crippen LogP contribution in [0.1, 0.15) is 52.9 Å². The first-order valence-corrected chi connectivity index (χ1v) is 6.64. The number of halogens is 1. The van der Waals surface area contributed by atoms with E-state index in [0.717, 1.165) is 25.7 Å². The lowest BCUT2D eigenvalue weighted by atomic mass is 9.82. The number of nitrogens with two attached hydrogens (primary N) is 1. The van der Waals surface area contributed by atoms with Crippen molar-refractivity contribution in [2.45, 2.75) is 76.6 Å². The van der Waals surface area contributed by atoms with E-state index >= 15 is 0 Å². The predicted octanol–water partition coefficient (Wildman–Crippen LogP) is 2.69. The van der Waals surface area contributed by atoms with Crippen molar-refractivity contribution in [3.8, 4) is 0 Å². The maximum atomic E-state index is 12.2. The monoisotopic (exact) mass is 276 g/mol. The van der Waals surface area contributed by atoms with E-state index in [0.29, 0.717) is 12.1 Å². The second-order valence-corrected chi connectivity index (χ2v) is 6.36. The lowest BCUT2D eigenvalue weighted by Gasteiger charge is -2.47. The maximum Gasteiger partial charge on any atom is 0.410 e. The molecule has 0 spiro atoms. The average molecular weight is 277 g/mol. The first kappa shape index (κ1) is 15.6. The standard InChI is InChI=1S/C13H24N2O2.ClH/c1-13(2,3)17-12(16)15-10-5-4-6-11(15)8-9(14)7-10;/h9-11H,4-8,14H2,1-3H3;1H/t9?,10-,11+;. The van der Waals surface area contributed by atoms with Gasteiger partial charge in [-0.15, -0.1) is 12.4 Å². The average Bonchev–Trinajstić information content (AvgIpc) is 2.12. The van der Waals surface area contributed by atoms with E-state index in [1.54, 1.807) is 0 Å². The van der Waals surface area contributed by atoms with Gasteiger partial charge in [0.05, 0.1) is 0 Å². The number of carbonyl (C=O) groups excluding carboxylic acids is 1. The molecule has 1 amide bonds. The van der Waals surface area contributed by atoms with Crippen molar-refractivity contribution in [1.82, 2.24) is 4.90 Å². The smallest absolute Gasteiger partial charge is 0.410 e. The van der Waals surface area contributed by atoms with Gasteiger partial charge in [0.25, 0.3) is 0 Å². The van der Waals surface area contributed by atoms with Crippen LogP contribution < -0.4 is 5.73 Å². The summed E-state index contributed by atoms with van der Waals surface area (Å²) in [4.78, 5) is 14.2. The van der Waals surface area contributed by atoms with E-state index in [-0.39, 0.29) is 24.5 Å². The molecular formula is C13H25ClN2O2. The summed E-state index contributed by atoms with van der Waals surface area (Å²) in [7, 11) is 0. The molecule has 2 aliphatic heterocycles. The van der Waals surface area contributed by atoms with Crippen molar-refractivity contribution in [3.63, 3.8) is 0 Å². The Morgan fingerprint density at radius 2 is 1.72 bits per heavy atom. The number of hydrogen-bond acceptors (Lipinski definition) is 3. The number of amides is 1. The lowest BCUT2D eigenvalue weighted by Crippen LogP contribution is -2.58. The van der Waals surface area contributed by atoms with Gasteiger partial charge in [0.15, 0.2) is 0 Å². The SMILES string of the molecule is CC(C)(C)OC(=O)N1[C@@H]2CCC[C@H]1CC(N)C2.Cl. The van der Waals surface area contributed by atoms with Crippen molar-refractivity contribution >= 4 is 18.5 Å². The molecule has 3 atom stereocenters. The van der Waals surface area contributed by atoms with E-state index < -0.39 is 5.60 Å². The molecule has 2 aliphatic rings. The highest BCUT2D eigenvalue weighted by molar-refractivity contribution is 5.85. The van der Waals surface area contributed by atoms with Crippen molar-refractivity contribution in [2.24, 2.45) is 5.73 Å². The van der Waals surface area contributed by atoms with Crippen molar-refractivity contribution < 1.29 is 9.53 Å². The molecule has 2 rings (SSSR count). The Labute approximate surface area is 116 Å². The number of nitrogens with zero attached hydrogens (tertiary/aromatic N) is 1. The van der Waals surface area contributed by atoms with Crippen LogP contribution in [0, 0.1) is 0 Å². The van der Waals surface area contributed by atoms with Crippen LogP contribution in [0.5, 0.6) is 0 Å². The summed E-state index contributed by atoms with van der Waals surface area (Å²) < 4.78 is 5.49. The zero-order valence-electron chi connectivity index (χ0n) is 11.5. The van der Waals surface area contributed by atoms with Gasteiger partial charge in [0, 0.05) is 18.1 Å². The van der Waals surface area contributed by atoms with E-state index in [9.17, 15) is 4.79 Å². The molecule has 2 N–H and O–H groups in total. The number of piperidine rings is 2. The summed E-state index contributed by atoms with van der Waals surface area (Å²) in [6.07, 6.45) is 5.05. The summed E-state index contributed by atoms with van der Waals surface area (Å²) in [5.41, 5.74) is 5.62. The van der Waals surface area contributed by atoms with Crippen molar-refractivity contribution in [3.05, 3.63) is 0 Å². The number of ether oxygens (including phenoxy) is 1. The minimum absolute atomic E-state index is 0. The number of rotatable bonds is 0. The summed E-state index contributed by atoms with van der Waals surface area (Å²) >= 11 is 0. The Morgan fingerprint density at radius 1 is 1.22 bits per heavy atom. The molecule has 2 saturated heterocycles. The topological polar surface area (TPSA) is 55.6 Å². The molecule has 2 fully saturated rings. The number of carbonyl (C=O) groups is 1. The van der Waals surface area contributed by atoms with E-state index in [1.807, 2.05) is 25.7 Å². The lowest BCUT2D eigenvalue weighted by molar-refractivity contribution is -0.0210. The van der Waals surface area contributed by atoms with Crippen LogP contribution in [0.25, 0.3) is 0 Å². The summed E-state index contributed by atoms with van der Waals surface area (Å²) in [6, 6.07) is 0.851. The highest BCUT2D eigenvalue weighted by Gasteiger charge is 2.41. The molecule has 0 saturated carbocycles.